The maximum atomic E-state index is 13.9. The minimum atomic E-state index is -4.72. The molecule has 3 aromatic rings. The predicted octanol–water partition coefficient (Wildman–Crippen LogP) is 2.94. The van der Waals surface area contributed by atoms with Gasteiger partial charge in [0.1, 0.15) is 17.2 Å². The Morgan fingerprint density at radius 1 is 1.12 bits per heavy atom. The van der Waals surface area contributed by atoms with Gasteiger partial charge in [-0.05, 0) is 44.0 Å². The van der Waals surface area contributed by atoms with Crippen LogP contribution in [0.4, 0.5) is 36.3 Å². The maximum absolute atomic E-state index is 13.9. The van der Waals surface area contributed by atoms with Crippen molar-refractivity contribution in [1.82, 2.24) is 19.9 Å². The molecule has 0 bridgehead atoms. The highest BCUT2D eigenvalue weighted by atomic mass is 19.4. The number of hydrogen-bond acceptors (Lipinski definition) is 10. The van der Waals surface area contributed by atoms with E-state index in [9.17, 15) is 18.0 Å². The number of methoxy groups -OCH3 is 1. The van der Waals surface area contributed by atoms with Crippen molar-refractivity contribution in [3.05, 3.63) is 47.9 Å². The van der Waals surface area contributed by atoms with Crippen LogP contribution in [0.1, 0.15) is 35.8 Å². The Kier molecular flexibility index (Phi) is 7.23. The molecular formula is C26H30F3N9O2. The van der Waals surface area contributed by atoms with Crippen molar-refractivity contribution in [3.8, 4) is 11.4 Å². The minimum absolute atomic E-state index is 0.0274. The molecule has 0 radical (unpaired) electrons. The molecule has 2 aliphatic heterocycles. The maximum Gasteiger partial charge on any atom is 0.418 e. The van der Waals surface area contributed by atoms with Crippen LogP contribution in [-0.4, -0.2) is 70.8 Å². The van der Waals surface area contributed by atoms with E-state index in [1.807, 2.05) is 13.0 Å². The van der Waals surface area contributed by atoms with E-state index in [1.165, 1.54) is 12.3 Å². The first kappa shape index (κ1) is 27.5. The number of carbonyl (C=O) groups excluding carboxylic acids is 1. The van der Waals surface area contributed by atoms with Crippen LogP contribution in [0.15, 0.2) is 36.7 Å². The summed E-state index contributed by atoms with van der Waals surface area (Å²) >= 11 is 0. The first-order chi connectivity index (χ1) is 18.9. The highest BCUT2D eigenvalue weighted by Crippen LogP contribution is 2.37. The lowest BCUT2D eigenvalue weighted by atomic mass is 9.91. The first-order valence-corrected chi connectivity index (χ1v) is 12.7. The van der Waals surface area contributed by atoms with Crippen LogP contribution in [0.2, 0.25) is 0 Å². The number of nitrogens with one attached hydrogen (secondary N) is 1. The molecule has 1 amide bonds. The van der Waals surface area contributed by atoms with Crippen molar-refractivity contribution in [3.63, 3.8) is 0 Å². The van der Waals surface area contributed by atoms with Gasteiger partial charge in [-0.15, -0.1) is 0 Å². The van der Waals surface area contributed by atoms with Gasteiger partial charge in [-0.3, -0.25) is 4.79 Å². The van der Waals surface area contributed by atoms with Gasteiger partial charge >= 0.3 is 6.18 Å². The second kappa shape index (κ2) is 10.5. The molecule has 0 aliphatic carbocycles. The highest BCUT2D eigenvalue weighted by molar-refractivity contribution is 6.06. The van der Waals surface area contributed by atoms with Crippen molar-refractivity contribution in [1.29, 1.82) is 0 Å². The number of carbonyl (C=O) groups is 1. The van der Waals surface area contributed by atoms with Gasteiger partial charge in [-0.25, -0.2) is 19.9 Å². The smallest absolute Gasteiger partial charge is 0.382 e. The zero-order valence-corrected chi connectivity index (χ0v) is 22.1. The Labute approximate surface area is 228 Å². The Morgan fingerprint density at radius 2 is 1.85 bits per heavy atom. The largest absolute Gasteiger partial charge is 0.418 e. The quantitative estimate of drug-likeness (QED) is 0.413. The van der Waals surface area contributed by atoms with Gasteiger partial charge in [0.05, 0.1) is 23.6 Å². The number of hydrogen-bond donors (Lipinski definition) is 3. The first-order valence-electron chi connectivity index (χ1n) is 12.7. The Hall–Kier alpha value is -4.04. The number of nitrogens with zero attached hydrogens (tertiary/aromatic N) is 6. The Bertz CT molecular complexity index is 1400. The lowest BCUT2D eigenvalue weighted by Gasteiger charge is -2.39. The molecular weight excluding hydrogens is 527 g/mol. The fraction of sp³-hybridized carbons (Fsp3) is 0.423. The van der Waals surface area contributed by atoms with Gasteiger partial charge in [-0.1, -0.05) is 0 Å². The number of amides is 1. The molecule has 5 heterocycles. The van der Waals surface area contributed by atoms with E-state index in [0.29, 0.717) is 37.7 Å². The monoisotopic (exact) mass is 557 g/mol. The fourth-order valence-electron chi connectivity index (χ4n) is 4.68. The van der Waals surface area contributed by atoms with Gasteiger partial charge in [-0.2, -0.15) is 13.2 Å². The van der Waals surface area contributed by atoms with Gasteiger partial charge in [0.15, 0.2) is 17.3 Å². The van der Waals surface area contributed by atoms with Crippen molar-refractivity contribution >= 4 is 29.0 Å². The van der Waals surface area contributed by atoms with Gasteiger partial charge in [0.2, 0.25) is 0 Å². The molecule has 14 heteroatoms. The van der Waals surface area contributed by atoms with Gasteiger partial charge < -0.3 is 31.3 Å². The van der Waals surface area contributed by atoms with Crippen molar-refractivity contribution in [2.75, 3.05) is 54.1 Å². The molecule has 40 heavy (non-hydrogen) atoms. The molecule has 0 atom stereocenters. The Balaban J connectivity index is 1.45. The number of ether oxygens (including phenoxy) is 1. The van der Waals surface area contributed by atoms with E-state index in [4.69, 9.17) is 16.2 Å². The molecule has 0 aromatic carbocycles. The summed E-state index contributed by atoms with van der Waals surface area (Å²) in [5.41, 5.74) is 10.6. The topological polar surface area (TPSA) is 148 Å². The van der Waals surface area contributed by atoms with Crippen LogP contribution in [0, 0.1) is 0 Å². The summed E-state index contributed by atoms with van der Waals surface area (Å²) in [4.78, 5) is 33.9. The highest BCUT2D eigenvalue weighted by Gasteiger charge is 2.37. The molecule has 3 aromatic heterocycles. The minimum Gasteiger partial charge on any atom is -0.382 e. The number of halogens is 3. The number of pyridine rings is 2. The fourth-order valence-corrected chi connectivity index (χ4v) is 4.68. The average molecular weight is 558 g/mol. The second-order valence-electron chi connectivity index (χ2n) is 10.3. The third-order valence-electron chi connectivity index (χ3n) is 7.21. The number of piperidine rings is 1. The second-order valence-corrected chi connectivity index (χ2v) is 10.3. The number of alkyl halides is 3. The van der Waals surface area contributed by atoms with Crippen LogP contribution in [-0.2, 0) is 10.9 Å². The molecule has 5 N–H and O–H groups in total. The van der Waals surface area contributed by atoms with E-state index in [2.05, 4.69) is 30.2 Å². The third-order valence-corrected chi connectivity index (χ3v) is 7.21. The lowest BCUT2D eigenvalue weighted by Crippen LogP contribution is -2.52. The summed E-state index contributed by atoms with van der Waals surface area (Å²) in [6.45, 7) is 4.32. The summed E-state index contributed by atoms with van der Waals surface area (Å²) in [6, 6.07) is 5.82. The lowest BCUT2D eigenvalue weighted by molar-refractivity contribution is -0.137. The summed E-state index contributed by atoms with van der Waals surface area (Å²) in [6.07, 6.45) is -0.630. The molecule has 2 aliphatic rings. The molecule has 11 nitrogen and oxygen atoms in total. The molecule has 0 unspecified atom stereocenters. The van der Waals surface area contributed by atoms with Crippen molar-refractivity contribution in [2.24, 2.45) is 5.73 Å². The molecule has 2 saturated heterocycles. The normalized spacial score (nSPS) is 17.4. The van der Waals surface area contributed by atoms with Crippen LogP contribution in [0.5, 0.6) is 0 Å². The SMILES string of the molecule is COC1CN(c2ccc(C(F)(F)F)c(-c3cnc(N)c(C(=O)Nc4ncccc4N4CCC(C)(N)CC4)n3)n2)C1. The van der Waals surface area contributed by atoms with Crippen LogP contribution in [0.3, 0.4) is 0 Å². The number of nitrogens with two attached hydrogens (primary N) is 2. The zero-order valence-electron chi connectivity index (χ0n) is 22.1. The summed E-state index contributed by atoms with van der Waals surface area (Å²) in [7, 11) is 1.57. The van der Waals surface area contributed by atoms with E-state index in [1.54, 1.807) is 18.1 Å². The number of nitrogen functional groups attached to an aromatic ring is 1. The van der Waals surface area contributed by atoms with E-state index in [0.717, 1.165) is 25.1 Å². The van der Waals surface area contributed by atoms with E-state index < -0.39 is 23.3 Å². The van der Waals surface area contributed by atoms with Crippen LogP contribution >= 0.6 is 0 Å². The number of aromatic nitrogens is 4. The summed E-state index contributed by atoms with van der Waals surface area (Å²) in [5, 5.41) is 2.70. The molecule has 2 fully saturated rings. The van der Waals surface area contributed by atoms with E-state index >= 15 is 0 Å². The molecule has 0 spiro atoms. The summed E-state index contributed by atoms with van der Waals surface area (Å²) < 4.78 is 47.0. The van der Waals surface area contributed by atoms with Gasteiger partial charge in [0, 0.05) is 45.0 Å². The average Bonchev–Trinajstić information content (AvgIpc) is 2.88. The Morgan fingerprint density at radius 3 is 2.52 bits per heavy atom. The molecule has 0 saturated carbocycles. The van der Waals surface area contributed by atoms with Crippen LogP contribution < -0.4 is 26.6 Å². The van der Waals surface area contributed by atoms with Crippen molar-refractivity contribution < 1.29 is 22.7 Å². The van der Waals surface area contributed by atoms with Crippen molar-refractivity contribution in [2.45, 2.75) is 37.6 Å². The number of anilines is 4. The van der Waals surface area contributed by atoms with E-state index in [-0.39, 0.29) is 34.7 Å². The zero-order chi connectivity index (χ0) is 28.7. The standard InChI is InChI=1S/C26H30F3N9O2/c1-25(31)7-10-37(11-8-25)18-4-3-9-32-23(18)36-24(39)21-22(30)33-12-17(34-21)20-16(26(27,28)29)5-6-19(35-20)38-13-15(14-38)40-2/h3-6,9,12,15H,7-8,10-11,13-14,31H2,1-2H3,(H2,30,33)(H,32,36,39). The predicted molar refractivity (Wildman–Crippen MR) is 144 cm³/mol. The molecule has 212 valence electrons. The van der Waals surface area contributed by atoms with Crippen LogP contribution in [0.25, 0.3) is 11.4 Å². The summed E-state index contributed by atoms with van der Waals surface area (Å²) in [5.74, 6) is -0.413. The third kappa shape index (κ3) is 5.63. The van der Waals surface area contributed by atoms with Gasteiger partial charge in [0.25, 0.3) is 5.91 Å². The number of rotatable bonds is 6. The molecule has 5 rings (SSSR count).